The fraction of sp³-hybridized carbons (Fsp3) is 0.643. The van der Waals surface area contributed by atoms with Crippen LogP contribution < -0.4 is 5.32 Å². The Kier molecular flexibility index (Phi) is 5.15. The summed E-state index contributed by atoms with van der Waals surface area (Å²) >= 11 is 3.40. The average molecular weight is 312 g/mol. The van der Waals surface area contributed by atoms with Crippen molar-refractivity contribution >= 4 is 15.9 Å². The number of halogens is 1. The summed E-state index contributed by atoms with van der Waals surface area (Å²) in [5.41, 5.74) is 1.12. The first kappa shape index (κ1) is 14.0. The van der Waals surface area contributed by atoms with Gasteiger partial charge in [-0.25, -0.2) is 0 Å². The molecule has 0 radical (unpaired) electrons. The molecule has 1 aliphatic rings. The number of nitrogens with zero attached hydrogens (tertiary/aromatic N) is 2. The molecule has 2 rings (SSSR count). The van der Waals surface area contributed by atoms with Gasteiger partial charge in [-0.1, -0.05) is 0 Å². The second-order valence-electron chi connectivity index (χ2n) is 5.25. The Labute approximate surface area is 118 Å². The van der Waals surface area contributed by atoms with Gasteiger partial charge in [0.2, 0.25) is 0 Å². The zero-order chi connectivity index (χ0) is 13.0. The van der Waals surface area contributed by atoms with Crippen LogP contribution in [0, 0.1) is 0 Å². The number of nitrogens with one attached hydrogen (secondary N) is 1. The molecule has 0 saturated carbocycles. The van der Waals surface area contributed by atoms with Gasteiger partial charge in [-0.2, -0.15) is 0 Å². The largest absolute Gasteiger partial charge is 0.308 e. The maximum absolute atomic E-state index is 4.39. The van der Waals surface area contributed by atoms with Crippen molar-refractivity contribution in [2.45, 2.75) is 45.3 Å². The third-order valence-electron chi connectivity index (χ3n) is 3.62. The minimum Gasteiger partial charge on any atom is -0.308 e. The number of likely N-dealkylation sites (tertiary alicyclic amines) is 1. The van der Waals surface area contributed by atoms with E-state index in [0.29, 0.717) is 12.1 Å². The summed E-state index contributed by atoms with van der Waals surface area (Å²) < 4.78 is 1.04. The summed E-state index contributed by atoms with van der Waals surface area (Å²) in [6.07, 6.45) is 4.35. The molecule has 1 aromatic heterocycles. The van der Waals surface area contributed by atoms with Crippen molar-refractivity contribution in [3.8, 4) is 0 Å². The highest BCUT2D eigenvalue weighted by molar-refractivity contribution is 9.10. The molecule has 1 aromatic rings. The Morgan fingerprint density at radius 1 is 1.39 bits per heavy atom. The van der Waals surface area contributed by atoms with E-state index in [1.54, 1.807) is 0 Å². The normalized spacial score (nSPS) is 18.4. The fourth-order valence-corrected chi connectivity index (χ4v) is 2.61. The van der Waals surface area contributed by atoms with Gasteiger partial charge in [-0.05, 0) is 67.8 Å². The third kappa shape index (κ3) is 4.04. The second kappa shape index (κ2) is 6.64. The molecule has 3 nitrogen and oxygen atoms in total. The summed E-state index contributed by atoms with van der Waals surface area (Å²) in [5, 5.41) is 3.61. The van der Waals surface area contributed by atoms with Crippen LogP contribution in [0.5, 0.6) is 0 Å². The van der Waals surface area contributed by atoms with Crippen molar-refractivity contribution < 1.29 is 0 Å². The standard InChI is InChI=1S/C14H22BrN3/c1-11(2)18-7-5-13(6-8-18)17-10-14-4-3-12(15)9-16-14/h3-4,9,11,13,17H,5-8,10H2,1-2H3. The Balaban J connectivity index is 1.74. The molecule has 1 fully saturated rings. The molecule has 100 valence electrons. The van der Waals surface area contributed by atoms with Crippen molar-refractivity contribution in [2.24, 2.45) is 0 Å². The summed E-state index contributed by atoms with van der Waals surface area (Å²) in [4.78, 5) is 6.94. The summed E-state index contributed by atoms with van der Waals surface area (Å²) in [6, 6.07) is 5.44. The smallest absolute Gasteiger partial charge is 0.0542 e. The number of aromatic nitrogens is 1. The number of rotatable bonds is 4. The molecule has 1 saturated heterocycles. The molecular weight excluding hydrogens is 290 g/mol. The first-order valence-electron chi connectivity index (χ1n) is 6.73. The van der Waals surface area contributed by atoms with E-state index in [-0.39, 0.29) is 0 Å². The lowest BCUT2D eigenvalue weighted by Crippen LogP contribution is -2.44. The van der Waals surface area contributed by atoms with Crippen LogP contribution in [0.15, 0.2) is 22.8 Å². The van der Waals surface area contributed by atoms with Gasteiger partial charge < -0.3 is 10.2 Å². The Bertz CT molecular complexity index is 356. The predicted molar refractivity (Wildman–Crippen MR) is 78.5 cm³/mol. The lowest BCUT2D eigenvalue weighted by Gasteiger charge is -2.34. The molecule has 4 heteroatoms. The highest BCUT2D eigenvalue weighted by Gasteiger charge is 2.20. The lowest BCUT2D eigenvalue weighted by atomic mass is 10.0. The Morgan fingerprint density at radius 2 is 2.11 bits per heavy atom. The number of hydrogen-bond acceptors (Lipinski definition) is 3. The van der Waals surface area contributed by atoms with Gasteiger partial charge in [0.15, 0.2) is 0 Å². The molecule has 1 aliphatic heterocycles. The van der Waals surface area contributed by atoms with Crippen molar-refractivity contribution in [2.75, 3.05) is 13.1 Å². The van der Waals surface area contributed by atoms with Crippen LogP contribution in [0.1, 0.15) is 32.4 Å². The van der Waals surface area contributed by atoms with Crippen molar-refractivity contribution in [1.82, 2.24) is 15.2 Å². The second-order valence-corrected chi connectivity index (χ2v) is 6.17. The van der Waals surface area contributed by atoms with Gasteiger partial charge in [0, 0.05) is 29.3 Å². The van der Waals surface area contributed by atoms with Crippen molar-refractivity contribution in [3.05, 3.63) is 28.5 Å². The maximum Gasteiger partial charge on any atom is 0.0542 e. The van der Waals surface area contributed by atoms with Crippen LogP contribution in [-0.4, -0.2) is 35.1 Å². The molecule has 0 aromatic carbocycles. The van der Waals surface area contributed by atoms with Crippen molar-refractivity contribution in [1.29, 1.82) is 0 Å². The van der Waals surface area contributed by atoms with Gasteiger partial charge in [-0.3, -0.25) is 4.98 Å². The van der Waals surface area contributed by atoms with Gasteiger partial charge in [0.05, 0.1) is 5.69 Å². The maximum atomic E-state index is 4.39. The minimum absolute atomic E-state index is 0.644. The van der Waals surface area contributed by atoms with Crippen LogP contribution in [-0.2, 0) is 6.54 Å². The number of pyridine rings is 1. The SMILES string of the molecule is CC(C)N1CCC(NCc2ccc(Br)cn2)CC1. The highest BCUT2D eigenvalue weighted by atomic mass is 79.9. The van der Waals surface area contributed by atoms with E-state index < -0.39 is 0 Å². The van der Waals surface area contributed by atoms with Gasteiger partial charge in [0.25, 0.3) is 0 Å². The summed E-state index contributed by atoms with van der Waals surface area (Å²) in [6.45, 7) is 7.85. The number of piperidine rings is 1. The van der Waals surface area contributed by atoms with Crippen LogP contribution in [0.3, 0.4) is 0 Å². The van der Waals surface area contributed by atoms with E-state index >= 15 is 0 Å². The molecule has 18 heavy (non-hydrogen) atoms. The van der Waals surface area contributed by atoms with E-state index in [9.17, 15) is 0 Å². The van der Waals surface area contributed by atoms with Crippen LogP contribution >= 0.6 is 15.9 Å². The molecule has 0 amide bonds. The monoisotopic (exact) mass is 311 g/mol. The van der Waals surface area contributed by atoms with Crippen LogP contribution in [0.2, 0.25) is 0 Å². The molecule has 0 aliphatic carbocycles. The molecule has 0 spiro atoms. The summed E-state index contributed by atoms with van der Waals surface area (Å²) in [5.74, 6) is 0. The molecule has 0 bridgehead atoms. The first-order valence-corrected chi connectivity index (χ1v) is 7.52. The molecule has 0 unspecified atom stereocenters. The van der Waals surface area contributed by atoms with E-state index in [1.165, 1.54) is 25.9 Å². The Hall–Kier alpha value is -0.450. The zero-order valence-corrected chi connectivity index (χ0v) is 12.8. The van der Waals surface area contributed by atoms with Crippen LogP contribution in [0.25, 0.3) is 0 Å². The molecular formula is C14H22BrN3. The van der Waals surface area contributed by atoms with Gasteiger partial charge in [0.1, 0.15) is 0 Å². The predicted octanol–water partition coefficient (Wildman–Crippen LogP) is 2.81. The quantitative estimate of drug-likeness (QED) is 0.927. The van der Waals surface area contributed by atoms with E-state index in [1.807, 2.05) is 12.3 Å². The van der Waals surface area contributed by atoms with Gasteiger partial charge >= 0.3 is 0 Å². The topological polar surface area (TPSA) is 28.2 Å². The highest BCUT2D eigenvalue weighted by Crippen LogP contribution is 2.13. The number of hydrogen-bond donors (Lipinski definition) is 1. The van der Waals surface area contributed by atoms with Crippen LogP contribution in [0.4, 0.5) is 0 Å². The lowest BCUT2D eigenvalue weighted by molar-refractivity contribution is 0.160. The van der Waals surface area contributed by atoms with Gasteiger partial charge in [-0.15, -0.1) is 0 Å². The minimum atomic E-state index is 0.644. The summed E-state index contributed by atoms with van der Waals surface area (Å²) in [7, 11) is 0. The van der Waals surface area contributed by atoms with E-state index in [2.05, 4.69) is 51.0 Å². The van der Waals surface area contributed by atoms with Crippen molar-refractivity contribution in [3.63, 3.8) is 0 Å². The van der Waals surface area contributed by atoms with E-state index in [0.717, 1.165) is 16.7 Å². The first-order chi connectivity index (χ1) is 8.65. The molecule has 2 heterocycles. The average Bonchev–Trinajstić information content (AvgIpc) is 2.38. The molecule has 0 atom stereocenters. The molecule has 1 N–H and O–H groups in total. The third-order valence-corrected chi connectivity index (χ3v) is 4.09. The zero-order valence-electron chi connectivity index (χ0n) is 11.2. The van der Waals surface area contributed by atoms with E-state index in [4.69, 9.17) is 0 Å². The Morgan fingerprint density at radius 3 is 2.67 bits per heavy atom. The fourth-order valence-electron chi connectivity index (χ4n) is 2.38.